The standard InChI is InChI=1S/CH2O2.2H2O.Sr.2H/c2-1-3;;;;;/h1H,(H,2,3);2*1H2;;;/q;;;+2;2*-1. The summed E-state index contributed by atoms with van der Waals surface area (Å²) in [6.45, 7) is -0.250. The first kappa shape index (κ1) is 28.7. The van der Waals surface area contributed by atoms with Crippen molar-refractivity contribution in [1.29, 1.82) is 0 Å². The Balaban J connectivity index is -0.00000000200. The molecule has 0 aromatic rings. The zero-order chi connectivity index (χ0) is 2.71. The van der Waals surface area contributed by atoms with Crippen LogP contribution in [-0.4, -0.2) is 68.0 Å². The second-order valence-corrected chi connectivity index (χ2v) is 0.105. The minimum Gasteiger partial charge on any atom is -1.00 e. The maximum absolute atomic E-state index is 8.36. The second kappa shape index (κ2) is 39.8. The third-order valence-electron chi connectivity index (χ3n) is 0. The van der Waals surface area contributed by atoms with Crippen molar-refractivity contribution in [3.8, 4) is 0 Å². The molecule has 0 rings (SSSR count). The van der Waals surface area contributed by atoms with Gasteiger partial charge in [-0.1, -0.05) is 0 Å². The Hall–Kier alpha value is 0.871. The molecule has 0 unspecified atom stereocenters. The zero-order valence-corrected chi connectivity index (χ0v) is 6.62. The number of rotatable bonds is 0. The Morgan fingerprint density at radius 1 is 1.50 bits per heavy atom. The zero-order valence-electron chi connectivity index (χ0n) is 5.14. The van der Waals surface area contributed by atoms with Gasteiger partial charge in [0.1, 0.15) is 0 Å². The van der Waals surface area contributed by atoms with Gasteiger partial charge in [-0.25, -0.2) is 0 Å². The first-order valence-electron chi connectivity index (χ1n) is 0.494. The monoisotopic (exact) mass is 172 g/mol. The molecule has 38 valence electrons. The Morgan fingerprint density at radius 3 is 1.50 bits per heavy atom. The van der Waals surface area contributed by atoms with Crippen LogP contribution in [0.15, 0.2) is 0 Å². The second-order valence-electron chi connectivity index (χ2n) is 0.105. The molecule has 0 amide bonds. The van der Waals surface area contributed by atoms with E-state index in [-0.39, 0.29) is 65.8 Å². The van der Waals surface area contributed by atoms with E-state index in [1.165, 1.54) is 0 Å². The van der Waals surface area contributed by atoms with Gasteiger partial charge in [-0.15, -0.1) is 0 Å². The van der Waals surface area contributed by atoms with Crippen LogP contribution in [0.3, 0.4) is 0 Å². The Bertz CT molecular complexity index is 21.5. The molecule has 0 saturated heterocycles. The maximum Gasteiger partial charge on any atom is 2.00 e. The molecule has 0 aliphatic carbocycles. The fourth-order valence-corrected chi connectivity index (χ4v) is 0. The fourth-order valence-electron chi connectivity index (χ4n) is 0. The van der Waals surface area contributed by atoms with Crippen LogP contribution >= 0.6 is 0 Å². The van der Waals surface area contributed by atoms with Crippen LogP contribution in [0.1, 0.15) is 2.85 Å². The largest absolute Gasteiger partial charge is 2.00 e. The Morgan fingerprint density at radius 2 is 1.50 bits per heavy atom. The van der Waals surface area contributed by atoms with E-state index in [1.54, 1.807) is 0 Å². The molecule has 0 aliphatic heterocycles. The smallest absolute Gasteiger partial charge is 1.00 e. The van der Waals surface area contributed by atoms with Crippen molar-refractivity contribution in [3.63, 3.8) is 0 Å². The molecule has 0 saturated carbocycles. The molecule has 0 aromatic carbocycles. The molecule has 4 nitrogen and oxygen atoms in total. The first-order chi connectivity index (χ1) is 1.41. The summed E-state index contributed by atoms with van der Waals surface area (Å²) in [5.74, 6) is 0. The van der Waals surface area contributed by atoms with Crippen LogP contribution in [-0.2, 0) is 4.79 Å². The van der Waals surface area contributed by atoms with Gasteiger partial charge >= 0.3 is 45.5 Å². The van der Waals surface area contributed by atoms with Crippen LogP contribution in [0.4, 0.5) is 0 Å². The van der Waals surface area contributed by atoms with E-state index in [0.29, 0.717) is 0 Å². The third-order valence-corrected chi connectivity index (χ3v) is 0. The van der Waals surface area contributed by atoms with Gasteiger partial charge in [-0.2, -0.15) is 0 Å². The van der Waals surface area contributed by atoms with Crippen LogP contribution in [0, 0.1) is 0 Å². The molecule has 5 heteroatoms. The van der Waals surface area contributed by atoms with Gasteiger partial charge in [0.05, 0.1) is 0 Å². The summed E-state index contributed by atoms with van der Waals surface area (Å²) in [6, 6.07) is 0. The van der Waals surface area contributed by atoms with Gasteiger partial charge in [-0.3, -0.25) is 4.79 Å². The summed E-state index contributed by atoms with van der Waals surface area (Å²) in [7, 11) is 0. The summed E-state index contributed by atoms with van der Waals surface area (Å²) in [6.07, 6.45) is 0. The van der Waals surface area contributed by atoms with Gasteiger partial charge in [0, 0.05) is 0 Å². The SMILES string of the molecule is O.O.O=CO.[H-].[H-].[Sr+2]. The molecule has 0 atom stereocenters. The molecule has 0 fully saturated rings. The maximum atomic E-state index is 8.36. The predicted octanol–water partition coefficient (Wildman–Crippen LogP) is -2.10. The average molecular weight is 172 g/mol. The minimum absolute atomic E-state index is 0. The average Bonchev–Trinajstić information content (AvgIpc) is 0.918. The quantitative estimate of drug-likeness (QED) is 0.333. The van der Waals surface area contributed by atoms with E-state index < -0.39 is 0 Å². The third kappa shape index (κ3) is 96.3. The summed E-state index contributed by atoms with van der Waals surface area (Å²) in [5.41, 5.74) is 0. The van der Waals surface area contributed by atoms with E-state index >= 15 is 0 Å². The summed E-state index contributed by atoms with van der Waals surface area (Å²) < 4.78 is 0. The van der Waals surface area contributed by atoms with Gasteiger partial charge in [-0.05, 0) is 0 Å². The van der Waals surface area contributed by atoms with E-state index in [4.69, 9.17) is 9.90 Å². The summed E-state index contributed by atoms with van der Waals surface area (Å²) in [4.78, 5) is 8.36. The van der Waals surface area contributed by atoms with Crippen LogP contribution < -0.4 is 0 Å². The number of carboxylic acid groups (broad SMARTS) is 1. The topological polar surface area (TPSA) is 100 Å². The van der Waals surface area contributed by atoms with Crippen molar-refractivity contribution in [3.05, 3.63) is 0 Å². The normalized spacial score (nSPS) is 2.00. The molecule has 0 aliphatic rings. The molecule has 0 heterocycles. The fraction of sp³-hybridized carbons (Fsp3) is 0. The predicted molar refractivity (Wildman–Crippen MR) is 23.9 cm³/mol. The number of carbonyl (C=O) groups is 1. The van der Waals surface area contributed by atoms with E-state index in [9.17, 15) is 0 Å². The van der Waals surface area contributed by atoms with Crippen molar-refractivity contribution in [1.82, 2.24) is 0 Å². The molecule has 0 radical (unpaired) electrons. The molecular weight excluding hydrogens is 164 g/mol. The number of hydrogen-bond acceptors (Lipinski definition) is 1. The van der Waals surface area contributed by atoms with Gasteiger partial charge in [0.15, 0.2) is 0 Å². The van der Waals surface area contributed by atoms with E-state index in [2.05, 4.69) is 0 Å². The molecule has 5 N–H and O–H groups in total. The summed E-state index contributed by atoms with van der Waals surface area (Å²) >= 11 is 0. The van der Waals surface area contributed by atoms with Crippen LogP contribution in [0.2, 0.25) is 0 Å². The Kier molecular flexibility index (Phi) is 191. The van der Waals surface area contributed by atoms with Crippen molar-refractivity contribution in [2.45, 2.75) is 0 Å². The van der Waals surface area contributed by atoms with Crippen molar-refractivity contribution in [2.24, 2.45) is 0 Å². The van der Waals surface area contributed by atoms with Crippen LogP contribution in [0.5, 0.6) is 0 Å². The molecule has 0 spiro atoms. The van der Waals surface area contributed by atoms with Gasteiger partial charge < -0.3 is 18.9 Å². The molecule has 0 bridgehead atoms. The molecule has 0 aromatic heterocycles. The summed E-state index contributed by atoms with van der Waals surface area (Å²) in [5, 5.41) is 6.89. The van der Waals surface area contributed by atoms with Gasteiger partial charge in [0.2, 0.25) is 0 Å². The van der Waals surface area contributed by atoms with Crippen molar-refractivity contribution < 1.29 is 23.7 Å². The van der Waals surface area contributed by atoms with E-state index in [1.807, 2.05) is 0 Å². The van der Waals surface area contributed by atoms with Gasteiger partial charge in [0.25, 0.3) is 6.47 Å². The number of hydrogen-bond donors (Lipinski definition) is 1. The van der Waals surface area contributed by atoms with Crippen LogP contribution in [0.25, 0.3) is 0 Å². The molecule has 6 heavy (non-hydrogen) atoms. The van der Waals surface area contributed by atoms with E-state index in [0.717, 1.165) is 0 Å². The first-order valence-corrected chi connectivity index (χ1v) is 0.494. The minimum atomic E-state index is -0.250. The molecular formula is CH8O4Sr. The van der Waals surface area contributed by atoms with Crippen molar-refractivity contribution in [2.75, 3.05) is 0 Å². The van der Waals surface area contributed by atoms with Crippen molar-refractivity contribution >= 4 is 52.0 Å². The Labute approximate surface area is 75.0 Å².